The molecule has 8 amide bonds. The Morgan fingerprint density at radius 2 is 0.941 bits per heavy atom. The molecule has 1 aliphatic rings. The van der Waals surface area contributed by atoms with Crippen LogP contribution in [0.2, 0.25) is 0 Å². The zero-order chi connectivity index (χ0) is 84.9. The number of carbonyl (C=O) groups excluding carboxylic acids is 13. The Hall–Kier alpha value is -14.2. The zero-order valence-corrected chi connectivity index (χ0v) is 67.6. The number of phenolic OH excluding ortho intramolecular Hbond substituents is 1. The number of nitrogens with one attached hydrogen (secondary N) is 8. The molecule has 9 aromatic heterocycles. The van der Waals surface area contributed by atoms with Crippen molar-refractivity contribution in [1.29, 1.82) is 0 Å². The zero-order valence-electron chi connectivity index (χ0n) is 66.8. The molecule has 0 bridgehead atoms. The number of benzene rings is 3. The minimum absolute atomic E-state index is 0.00909. The molecule has 1 unspecified atom stereocenters. The first-order valence-corrected chi connectivity index (χ1v) is 38.8. The number of aromatic amines is 1. The van der Waals surface area contributed by atoms with E-state index >= 15 is 0 Å². The Morgan fingerprint density at radius 1 is 0.454 bits per heavy atom. The molecule has 614 valence electrons. The van der Waals surface area contributed by atoms with Gasteiger partial charge in [-0.3, -0.25) is 62.3 Å². The lowest BCUT2D eigenvalue weighted by atomic mass is 9.95. The quantitative estimate of drug-likeness (QED) is 0.0103. The Bertz CT molecular complexity index is 6120. The van der Waals surface area contributed by atoms with Crippen molar-refractivity contribution in [3.63, 3.8) is 0 Å². The number of carbonyl (C=O) groups is 13. The highest BCUT2D eigenvalue weighted by atomic mass is 35.5. The molecule has 12 aromatic rings. The fourth-order valence-electron chi connectivity index (χ4n) is 15.0. The van der Waals surface area contributed by atoms with Crippen LogP contribution in [0.15, 0.2) is 141 Å². The monoisotopic (exact) mass is 1630 g/mol. The number of rotatable bonds is 34. The summed E-state index contributed by atoms with van der Waals surface area (Å²) < 4.78 is 12.4. The summed E-state index contributed by atoms with van der Waals surface area (Å²) in [6, 6.07) is 25.9. The number of phenols is 1. The third-order valence-electron chi connectivity index (χ3n) is 20.7. The van der Waals surface area contributed by atoms with Gasteiger partial charge in [0.25, 0.3) is 35.4 Å². The van der Waals surface area contributed by atoms with Gasteiger partial charge in [0, 0.05) is 218 Å². The first-order valence-electron chi connectivity index (χ1n) is 38.3. The number of nitrogens with zero attached hydrogens (tertiary/aromatic N) is 11. The SMILES string of the molecule is CC(=O)Nc1cc(C(=O)Nc2cn(C)c(C(=O)Nc3cc(C(=O)NCCC(=O)Nc4cn(C)c(C(=O)Nc5cc(C(=O)NCCCC(=O)Cc6cc(C(=O)Cc7cc(C(=O)CCCC(=O)Cc8cc(C(=O)Cc9ccc%10[nH]c(C(=O)N%11CC(CCl)c%12c%11cc(O)c%11ccccc%12%11)cc%10c9)n(C)c8)n(C)c7)n(C)c6)n(C)c5)n4)n(C)c3)n2)n(C)c1. The second-order valence-corrected chi connectivity index (χ2v) is 30.2. The number of Topliss-reactive ketones (excluding diaryl/α,β-unsaturated/α-hetero) is 5. The van der Waals surface area contributed by atoms with E-state index in [-0.39, 0.29) is 169 Å². The highest BCUT2D eigenvalue weighted by Crippen LogP contribution is 2.46. The number of hydrogen-bond donors (Lipinski definition) is 9. The van der Waals surface area contributed by atoms with Gasteiger partial charge >= 0.3 is 0 Å². The molecule has 34 heteroatoms. The van der Waals surface area contributed by atoms with E-state index in [9.17, 15) is 67.4 Å². The standard InChI is InChI=1S/C85H88ClN19O14/c1-47(106)89-54-33-69(102(7)42-54)82(116)96-75-46-104(9)79(95-75)84(118)91-56-35-68(101(6)44-56)81(115)88-23-21-76(113)93-74-45-103(8)78(94-74)83(117)90-55-34-67(100(5)43-55)80(114)87-22-13-15-58(108)26-50-28-65(99(4)39-50)73(112)31-51-29-63(97(2)40-51)70(109)18-12-14-57(107)25-49-27-64(98(3)38-49)72(111)30-48-19-20-61-52(24-48)32-62(92-61)85(119)105-41-53(37-86)77-60-17-11-10-16-59(60)71(110)36-66(77)105/h10-11,16-17,19-20,24,27-29,32-36,38-40,42-46,53,92,110H,12-15,18,21-23,25-26,30-31,37,41H2,1-9H3,(H,87,114)(H,88,115)(H,89,106)(H,90,117)(H,91,118)(H,93,113)(H,96,116). The predicted octanol–water partition coefficient (Wildman–Crippen LogP) is 9.32. The normalized spacial score (nSPS) is 12.4. The van der Waals surface area contributed by atoms with E-state index in [0.717, 1.165) is 27.4 Å². The first kappa shape index (κ1) is 82.7. The third kappa shape index (κ3) is 18.8. The molecule has 10 heterocycles. The van der Waals surface area contributed by atoms with Gasteiger partial charge < -0.3 is 88.7 Å². The molecule has 0 saturated heterocycles. The second-order valence-electron chi connectivity index (χ2n) is 29.9. The molecule has 9 N–H and O–H groups in total. The van der Waals surface area contributed by atoms with Crippen LogP contribution in [0.1, 0.15) is 174 Å². The molecule has 0 radical (unpaired) electrons. The van der Waals surface area contributed by atoms with Crippen molar-refractivity contribution in [2.75, 3.05) is 57.0 Å². The molecule has 13 rings (SSSR count). The Balaban J connectivity index is 0.497. The lowest BCUT2D eigenvalue weighted by molar-refractivity contribution is -0.119. The summed E-state index contributed by atoms with van der Waals surface area (Å²) in [5, 5.41) is 32.0. The van der Waals surface area contributed by atoms with Gasteiger partial charge in [-0.15, -0.1) is 11.6 Å². The Kier molecular flexibility index (Phi) is 24.4. The molecule has 0 fully saturated rings. The van der Waals surface area contributed by atoms with Crippen LogP contribution in [0.3, 0.4) is 0 Å². The fraction of sp³-hybridized carbons (Fsp3) is 0.282. The number of fused-ring (bicyclic) bond motifs is 4. The molecular formula is C85H88ClN19O14. The summed E-state index contributed by atoms with van der Waals surface area (Å²) in [6.07, 6.45) is 13.7. The lowest BCUT2D eigenvalue weighted by Gasteiger charge is -2.17. The van der Waals surface area contributed by atoms with E-state index in [1.807, 2.05) is 42.5 Å². The van der Waals surface area contributed by atoms with Crippen LogP contribution in [-0.2, 0) is 101 Å². The third-order valence-corrected chi connectivity index (χ3v) is 21.1. The number of hydrogen-bond acceptors (Lipinski definition) is 16. The summed E-state index contributed by atoms with van der Waals surface area (Å²) in [5.41, 5.74) is 8.06. The van der Waals surface area contributed by atoms with Gasteiger partial charge in [0.15, 0.2) is 29.0 Å². The van der Waals surface area contributed by atoms with Gasteiger partial charge in [-0.1, -0.05) is 30.3 Å². The van der Waals surface area contributed by atoms with E-state index in [4.69, 9.17) is 11.6 Å². The van der Waals surface area contributed by atoms with Gasteiger partial charge in [0.2, 0.25) is 23.5 Å². The highest BCUT2D eigenvalue weighted by molar-refractivity contribution is 6.19. The molecule has 119 heavy (non-hydrogen) atoms. The summed E-state index contributed by atoms with van der Waals surface area (Å²) in [5.74, 6) is -4.36. The first-order chi connectivity index (χ1) is 56.8. The molecule has 0 spiro atoms. The maximum absolute atomic E-state index is 14.1. The van der Waals surface area contributed by atoms with Crippen molar-refractivity contribution in [3.8, 4) is 5.75 Å². The van der Waals surface area contributed by atoms with Gasteiger partial charge in [-0.25, -0.2) is 9.97 Å². The van der Waals surface area contributed by atoms with Crippen molar-refractivity contribution in [2.45, 2.75) is 77.0 Å². The topological polar surface area (TPSA) is 411 Å². The van der Waals surface area contributed by atoms with Crippen LogP contribution in [0.4, 0.5) is 34.4 Å². The van der Waals surface area contributed by atoms with E-state index in [1.54, 1.807) is 130 Å². The van der Waals surface area contributed by atoms with Gasteiger partial charge in [-0.05, 0) is 101 Å². The molecule has 3 aromatic carbocycles. The van der Waals surface area contributed by atoms with Gasteiger partial charge in [-0.2, -0.15) is 0 Å². The van der Waals surface area contributed by atoms with Gasteiger partial charge in [0.1, 0.15) is 40.1 Å². The number of alkyl halides is 1. The van der Waals surface area contributed by atoms with Crippen molar-refractivity contribution in [2.24, 2.45) is 56.4 Å². The number of aromatic nitrogens is 11. The summed E-state index contributed by atoms with van der Waals surface area (Å²) in [7, 11) is 13.2. The Labute approximate surface area is 686 Å². The number of anilines is 6. The largest absolute Gasteiger partial charge is 0.507 e. The van der Waals surface area contributed by atoms with Crippen LogP contribution >= 0.6 is 11.6 Å². The van der Waals surface area contributed by atoms with E-state index in [0.29, 0.717) is 81.5 Å². The van der Waals surface area contributed by atoms with Crippen molar-refractivity contribution >= 4 is 144 Å². The van der Waals surface area contributed by atoms with Gasteiger partial charge in [0.05, 0.1) is 39.8 Å². The van der Waals surface area contributed by atoms with Crippen LogP contribution in [0, 0.1) is 0 Å². The average molecular weight is 1640 g/mol. The molecule has 1 aliphatic heterocycles. The minimum Gasteiger partial charge on any atom is -0.507 e. The second kappa shape index (κ2) is 35.1. The van der Waals surface area contributed by atoms with Crippen molar-refractivity contribution < 1.29 is 67.4 Å². The number of imidazole rings is 2. The molecule has 33 nitrogen and oxygen atoms in total. The maximum Gasteiger partial charge on any atom is 0.291 e. The van der Waals surface area contributed by atoms with Crippen molar-refractivity contribution in [3.05, 3.63) is 220 Å². The molecular weight excluding hydrogens is 1550 g/mol. The van der Waals surface area contributed by atoms with E-state index < -0.39 is 35.4 Å². The Morgan fingerprint density at radius 3 is 1.50 bits per heavy atom. The molecule has 0 aliphatic carbocycles. The molecule has 1 atom stereocenters. The predicted molar refractivity (Wildman–Crippen MR) is 445 cm³/mol. The smallest absolute Gasteiger partial charge is 0.291 e. The van der Waals surface area contributed by atoms with E-state index in [1.165, 1.54) is 72.7 Å². The van der Waals surface area contributed by atoms with Crippen LogP contribution < -0.4 is 42.1 Å². The van der Waals surface area contributed by atoms with Crippen molar-refractivity contribution in [1.82, 2.24) is 62.1 Å². The average Bonchev–Trinajstić information content (AvgIpc) is 1.60. The number of H-pyrrole nitrogens is 1. The van der Waals surface area contributed by atoms with E-state index in [2.05, 4.69) is 52.2 Å². The maximum atomic E-state index is 14.1. The van der Waals surface area contributed by atoms with Crippen LogP contribution in [-0.4, -0.2) is 158 Å². The number of aromatic hydroxyl groups is 1. The summed E-state index contributed by atoms with van der Waals surface area (Å²) in [6.45, 7) is 1.78. The highest BCUT2D eigenvalue weighted by Gasteiger charge is 2.36. The minimum atomic E-state index is -0.643. The fourth-order valence-corrected chi connectivity index (χ4v) is 15.3. The number of halogens is 1. The molecule has 0 saturated carbocycles. The number of ketones is 5. The summed E-state index contributed by atoms with van der Waals surface area (Å²) in [4.78, 5) is 186. The lowest BCUT2D eigenvalue weighted by Crippen LogP contribution is -2.30. The summed E-state index contributed by atoms with van der Waals surface area (Å²) >= 11 is 6.44. The van der Waals surface area contributed by atoms with Crippen LogP contribution in [0.5, 0.6) is 5.75 Å². The van der Waals surface area contributed by atoms with Crippen LogP contribution in [0.25, 0.3) is 21.7 Å². The number of aryl methyl sites for hydroxylation is 8. The number of amides is 8.